The Kier molecular flexibility index (Phi) is 5.76. The van der Waals surface area contributed by atoms with Gasteiger partial charge in [-0.2, -0.15) is 15.1 Å². The molecule has 0 radical (unpaired) electrons. The summed E-state index contributed by atoms with van der Waals surface area (Å²) in [5.41, 5.74) is 8.35. The first kappa shape index (κ1) is 20.0. The minimum atomic E-state index is -0.267. The molecule has 1 unspecified atom stereocenters. The number of aliphatic imine (C=N–C) groups is 1. The number of hydrogen-bond donors (Lipinski definition) is 1. The molecule has 156 valence electrons. The van der Waals surface area contributed by atoms with Crippen molar-refractivity contribution in [1.82, 2.24) is 19.7 Å². The second-order valence-corrected chi connectivity index (χ2v) is 7.29. The minimum Gasteiger partial charge on any atom is -0.378 e. The summed E-state index contributed by atoms with van der Waals surface area (Å²) in [6.45, 7) is 4.60. The smallest absolute Gasteiger partial charge is 0.251 e. The standard InChI is InChI=1S/C22H25FN6O/c1-15(17-8-9-18(19(23)14-17)16-6-4-3-5-7-16)20-25-22(28(2)27-20)26-21(24)29-10-12-30-13-11-29/h3-9,14-15H,10-13H2,1-2H3,(H2,24,25,26,27). The van der Waals surface area contributed by atoms with Crippen molar-refractivity contribution < 1.29 is 9.13 Å². The first-order valence-corrected chi connectivity index (χ1v) is 9.95. The van der Waals surface area contributed by atoms with E-state index in [1.54, 1.807) is 23.9 Å². The Morgan fingerprint density at radius 3 is 2.60 bits per heavy atom. The minimum absolute atomic E-state index is 0.191. The van der Waals surface area contributed by atoms with Crippen LogP contribution in [0.2, 0.25) is 0 Å². The van der Waals surface area contributed by atoms with E-state index >= 15 is 0 Å². The number of halogens is 1. The predicted octanol–water partition coefficient (Wildman–Crippen LogP) is 3.05. The average Bonchev–Trinajstić information content (AvgIpc) is 3.14. The van der Waals surface area contributed by atoms with E-state index in [1.165, 1.54) is 0 Å². The van der Waals surface area contributed by atoms with E-state index in [1.807, 2.05) is 48.2 Å². The fourth-order valence-corrected chi connectivity index (χ4v) is 3.44. The van der Waals surface area contributed by atoms with Gasteiger partial charge in [-0.05, 0) is 17.2 Å². The number of benzene rings is 2. The molecular formula is C22H25FN6O. The molecule has 1 aromatic heterocycles. The van der Waals surface area contributed by atoms with Crippen LogP contribution in [0.1, 0.15) is 24.2 Å². The maximum Gasteiger partial charge on any atom is 0.251 e. The monoisotopic (exact) mass is 408 g/mol. The quantitative estimate of drug-likeness (QED) is 0.530. The SMILES string of the molecule is CC(c1ccc(-c2ccccc2)c(F)c1)c1nc(N=C(N)N2CCOCC2)n(C)n1. The van der Waals surface area contributed by atoms with E-state index in [-0.39, 0.29) is 11.7 Å². The van der Waals surface area contributed by atoms with Crippen LogP contribution in [-0.4, -0.2) is 51.9 Å². The number of hydrogen-bond acceptors (Lipinski definition) is 4. The maximum absolute atomic E-state index is 14.8. The molecule has 3 aromatic rings. The number of guanidine groups is 1. The fraction of sp³-hybridized carbons (Fsp3) is 0.318. The first-order valence-electron chi connectivity index (χ1n) is 9.95. The van der Waals surface area contributed by atoms with Crippen LogP contribution in [0.5, 0.6) is 0 Å². The van der Waals surface area contributed by atoms with Crippen LogP contribution in [-0.2, 0) is 11.8 Å². The van der Waals surface area contributed by atoms with Gasteiger partial charge in [-0.25, -0.2) is 9.07 Å². The highest BCUT2D eigenvalue weighted by Crippen LogP contribution is 2.29. The molecule has 0 saturated carbocycles. The molecule has 0 aliphatic carbocycles. The van der Waals surface area contributed by atoms with Gasteiger partial charge in [0.25, 0.3) is 5.95 Å². The Morgan fingerprint density at radius 2 is 1.90 bits per heavy atom. The summed E-state index contributed by atoms with van der Waals surface area (Å²) in [6, 6.07) is 14.8. The summed E-state index contributed by atoms with van der Waals surface area (Å²) in [5.74, 6) is 0.923. The molecule has 8 heteroatoms. The highest BCUT2D eigenvalue weighted by molar-refractivity contribution is 5.80. The number of nitrogens with zero attached hydrogens (tertiary/aromatic N) is 5. The third-order valence-corrected chi connectivity index (χ3v) is 5.27. The molecule has 4 rings (SSSR count). The van der Waals surface area contributed by atoms with Crippen LogP contribution in [0.15, 0.2) is 53.5 Å². The van der Waals surface area contributed by atoms with Gasteiger partial charge in [0.1, 0.15) is 5.82 Å². The van der Waals surface area contributed by atoms with E-state index in [2.05, 4.69) is 15.1 Å². The molecular weight excluding hydrogens is 383 g/mol. The van der Waals surface area contributed by atoms with Crippen LogP contribution < -0.4 is 5.73 Å². The molecule has 2 aromatic carbocycles. The molecule has 1 aliphatic rings. The summed E-state index contributed by atoms with van der Waals surface area (Å²) in [4.78, 5) is 10.9. The Morgan fingerprint density at radius 1 is 1.17 bits per heavy atom. The van der Waals surface area contributed by atoms with Gasteiger partial charge in [0.2, 0.25) is 0 Å². The fourth-order valence-electron chi connectivity index (χ4n) is 3.44. The summed E-state index contributed by atoms with van der Waals surface area (Å²) in [7, 11) is 1.77. The largest absolute Gasteiger partial charge is 0.378 e. The molecule has 7 nitrogen and oxygen atoms in total. The number of aryl methyl sites for hydroxylation is 1. The normalized spacial score (nSPS) is 16.0. The Bertz CT molecular complexity index is 1040. The van der Waals surface area contributed by atoms with Crippen molar-refractivity contribution in [2.24, 2.45) is 17.8 Å². The highest BCUT2D eigenvalue weighted by Gasteiger charge is 2.19. The molecule has 0 spiro atoms. The lowest BCUT2D eigenvalue weighted by molar-refractivity contribution is 0.0675. The summed E-state index contributed by atoms with van der Waals surface area (Å²) in [6.07, 6.45) is 0. The molecule has 2 heterocycles. The van der Waals surface area contributed by atoms with Crippen LogP contribution in [0.3, 0.4) is 0 Å². The zero-order valence-electron chi connectivity index (χ0n) is 17.1. The Hall–Kier alpha value is -3.26. The van der Waals surface area contributed by atoms with Crippen molar-refractivity contribution >= 4 is 11.9 Å². The molecule has 0 amide bonds. The van der Waals surface area contributed by atoms with Crippen LogP contribution >= 0.6 is 0 Å². The first-order chi connectivity index (χ1) is 14.5. The lowest BCUT2D eigenvalue weighted by Crippen LogP contribution is -2.44. The number of rotatable bonds is 4. The topological polar surface area (TPSA) is 81.6 Å². The predicted molar refractivity (Wildman–Crippen MR) is 114 cm³/mol. The number of nitrogens with two attached hydrogens (primary N) is 1. The van der Waals surface area contributed by atoms with Gasteiger partial charge in [-0.1, -0.05) is 49.4 Å². The van der Waals surface area contributed by atoms with Crippen molar-refractivity contribution in [1.29, 1.82) is 0 Å². The second kappa shape index (κ2) is 8.62. The van der Waals surface area contributed by atoms with Crippen LogP contribution in [0.25, 0.3) is 11.1 Å². The highest BCUT2D eigenvalue weighted by atomic mass is 19.1. The summed E-state index contributed by atoms with van der Waals surface area (Å²) >= 11 is 0. The van der Waals surface area contributed by atoms with Gasteiger partial charge < -0.3 is 15.4 Å². The van der Waals surface area contributed by atoms with Gasteiger partial charge in [-0.3, -0.25) is 0 Å². The lowest BCUT2D eigenvalue weighted by atomic mass is 9.96. The van der Waals surface area contributed by atoms with Gasteiger partial charge in [0, 0.05) is 31.6 Å². The van der Waals surface area contributed by atoms with Crippen molar-refractivity contribution in [2.45, 2.75) is 12.8 Å². The van der Waals surface area contributed by atoms with E-state index in [4.69, 9.17) is 10.5 Å². The molecule has 30 heavy (non-hydrogen) atoms. The molecule has 2 N–H and O–H groups in total. The van der Waals surface area contributed by atoms with Crippen LogP contribution in [0, 0.1) is 5.82 Å². The molecule has 1 fully saturated rings. The van der Waals surface area contributed by atoms with Crippen LogP contribution in [0.4, 0.5) is 10.3 Å². The van der Waals surface area contributed by atoms with Gasteiger partial charge in [0.05, 0.1) is 13.2 Å². The third-order valence-electron chi connectivity index (χ3n) is 5.27. The number of ether oxygens (including phenoxy) is 1. The second-order valence-electron chi connectivity index (χ2n) is 7.29. The zero-order valence-corrected chi connectivity index (χ0v) is 17.1. The van der Waals surface area contributed by atoms with Gasteiger partial charge in [0.15, 0.2) is 11.8 Å². The lowest BCUT2D eigenvalue weighted by Gasteiger charge is -2.27. The zero-order chi connectivity index (χ0) is 21.1. The third kappa shape index (κ3) is 4.18. The van der Waals surface area contributed by atoms with Crippen molar-refractivity contribution in [3.05, 3.63) is 65.7 Å². The number of morpholine rings is 1. The Balaban J connectivity index is 1.56. The van der Waals surface area contributed by atoms with E-state index in [0.29, 0.717) is 49.6 Å². The molecule has 1 atom stereocenters. The van der Waals surface area contributed by atoms with E-state index in [0.717, 1.165) is 11.1 Å². The molecule has 1 saturated heterocycles. The van der Waals surface area contributed by atoms with Gasteiger partial charge in [-0.15, -0.1) is 0 Å². The maximum atomic E-state index is 14.8. The van der Waals surface area contributed by atoms with E-state index < -0.39 is 0 Å². The molecule has 1 aliphatic heterocycles. The summed E-state index contributed by atoms with van der Waals surface area (Å²) in [5, 5.41) is 4.47. The number of aromatic nitrogens is 3. The van der Waals surface area contributed by atoms with Gasteiger partial charge >= 0.3 is 0 Å². The molecule has 0 bridgehead atoms. The average molecular weight is 408 g/mol. The summed E-state index contributed by atoms with van der Waals surface area (Å²) < 4.78 is 21.7. The van der Waals surface area contributed by atoms with Crippen molar-refractivity contribution in [3.63, 3.8) is 0 Å². The van der Waals surface area contributed by atoms with Crippen molar-refractivity contribution in [3.8, 4) is 11.1 Å². The van der Waals surface area contributed by atoms with Crippen molar-refractivity contribution in [2.75, 3.05) is 26.3 Å². The Labute approximate surface area is 175 Å². The van der Waals surface area contributed by atoms with E-state index in [9.17, 15) is 4.39 Å².